The Morgan fingerprint density at radius 3 is 2.77 bits per heavy atom. The second kappa shape index (κ2) is 4.98. The van der Waals surface area contributed by atoms with Gasteiger partial charge >= 0.3 is 0 Å². The third-order valence-corrected chi connectivity index (χ3v) is 1.81. The predicted molar refractivity (Wildman–Crippen MR) is 61.7 cm³/mol. The van der Waals surface area contributed by atoms with Crippen molar-refractivity contribution in [3.8, 4) is 0 Å². The number of aliphatic imine (C=N–C) groups is 1. The minimum atomic E-state index is 0.972. The molecule has 0 saturated heterocycles. The van der Waals surface area contributed by atoms with Crippen LogP contribution in [0.25, 0.3) is 0 Å². The van der Waals surface area contributed by atoms with E-state index < -0.39 is 0 Å². The van der Waals surface area contributed by atoms with Crippen molar-refractivity contribution < 1.29 is 0 Å². The summed E-state index contributed by atoms with van der Waals surface area (Å²) in [5, 5.41) is 0. The summed E-state index contributed by atoms with van der Waals surface area (Å²) in [6.45, 7) is 2.89. The number of benzene rings is 1. The zero-order valence-electron chi connectivity index (χ0n) is 8.07. The van der Waals surface area contributed by atoms with E-state index in [1.807, 2.05) is 38.3 Å². The Labute approximate surface area is 81.9 Å². The first-order valence-electron chi connectivity index (χ1n) is 4.26. The lowest BCUT2D eigenvalue weighted by Crippen LogP contribution is -2.18. The van der Waals surface area contributed by atoms with Crippen molar-refractivity contribution in [2.24, 2.45) is 4.99 Å². The summed E-state index contributed by atoms with van der Waals surface area (Å²) in [7, 11) is 4.44. The molecule has 1 aliphatic rings. The van der Waals surface area contributed by atoms with Crippen LogP contribution in [0.2, 0.25) is 0 Å². The molecule has 0 spiro atoms. The molecule has 1 atom stereocenters. The molecule has 1 aromatic rings. The maximum atomic E-state index is 4.27. The Morgan fingerprint density at radius 2 is 2.00 bits per heavy atom. The topological polar surface area (TPSA) is 15.6 Å². The standard InChI is InChI=1S/C9H10N2.CH5P/c1-11-6-8-4-2-3-5-9(8)10-7-11;1-2/h2-5,7H,6H2,1H3;2H2,1H3. The molecule has 0 saturated carbocycles. The van der Waals surface area contributed by atoms with E-state index in [1.54, 1.807) is 0 Å². The Bertz CT molecular complexity index is 297. The predicted octanol–water partition coefficient (Wildman–Crippen LogP) is 2.28. The molecule has 2 nitrogen and oxygen atoms in total. The lowest BCUT2D eigenvalue weighted by molar-refractivity contribution is 0.509. The van der Waals surface area contributed by atoms with Crippen LogP contribution in [0, 0.1) is 0 Å². The quantitative estimate of drug-likeness (QED) is 0.578. The second-order valence-electron chi connectivity index (χ2n) is 2.79. The first kappa shape index (κ1) is 10.2. The molecule has 0 bridgehead atoms. The summed E-state index contributed by atoms with van der Waals surface area (Å²) in [6, 6.07) is 8.22. The average Bonchev–Trinajstić information content (AvgIpc) is 2.21. The van der Waals surface area contributed by atoms with E-state index in [1.165, 1.54) is 5.56 Å². The third-order valence-electron chi connectivity index (χ3n) is 1.81. The normalized spacial score (nSPS) is 13.0. The van der Waals surface area contributed by atoms with Crippen LogP contribution < -0.4 is 0 Å². The maximum Gasteiger partial charge on any atom is 0.0912 e. The lowest BCUT2D eigenvalue weighted by atomic mass is 10.1. The van der Waals surface area contributed by atoms with Gasteiger partial charge in [0.15, 0.2) is 0 Å². The smallest absolute Gasteiger partial charge is 0.0912 e. The zero-order valence-corrected chi connectivity index (χ0v) is 9.22. The number of hydrogen-bond acceptors (Lipinski definition) is 2. The fourth-order valence-electron chi connectivity index (χ4n) is 1.24. The largest absolute Gasteiger partial charge is 0.361 e. The van der Waals surface area contributed by atoms with Gasteiger partial charge in [0.2, 0.25) is 0 Å². The highest BCUT2D eigenvalue weighted by Gasteiger charge is 2.05. The van der Waals surface area contributed by atoms with Gasteiger partial charge in [0.1, 0.15) is 0 Å². The molecule has 1 unspecified atom stereocenters. The Balaban J connectivity index is 0.000000396. The van der Waals surface area contributed by atoms with E-state index in [9.17, 15) is 0 Å². The fraction of sp³-hybridized carbons (Fsp3) is 0.300. The monoisotopic (exact) mass is 194 g/mol. The fourth-order valence-corrected chi connectivity index (χ4v) is 1.24. The van der Waals surface area contributed by atoms with Crippen LogP contribution in [-0.4, -0.2) is 25.0 Å². The molecule has 1 aliphatic heterocycles. The number of nitrogens with zero attached hydrogens (tertiary/aromatic N) is 2. The van der Waals surface area contributed by atoms with Gasteiger partial charge in [0, 0.05) is 13.6 Å². The summed E-state index contributed by atoms with van der Waals surface area (Å²) in [4.78, 5) is 6.35. The van der Waals surface area contributed by atoms with E-state index in [0.717, 1.165) is 12.2 Å². The van der Waals surface area contributed by atoms with Gasteiger partial charge in [-0.2, -0.15) is 0 Å². The van der Waals surface area contributed by atoms with Crippen LogP contribution in [0.15, 0.2) is 29.3 Å². The minimum absolute atomic E-state index is 0.972. The van der Waals surface area contributed by atoms with Crippen molar-refractivity contribution in [3.05, 3.63) is 29.8 Å². The number of rotatable bonds is 0. The van der Waals surface area contributed by atoms with Gasteiger partial charge in [-0.25, -0.2) is 4.99 Å². The third kappa shape index (κ3) is 2.53. The van der Waals surface area contributed by atoms with Crippen molar-refractivity contribution >= 4 is 21.3 Å². The molecule has 0 amide bonds. The number of hydrogen-bond donors (Lipinski definition) is 0. The summed E-state index contributed by atoms with van der Waals surface area (Å²) in [5.74, 6) is 0. The van der Waals surface area contributed by atoms with Gasteiger partial charge < -0.3 is 4.90 Å². The molecular weight excluding hydrogens is 179 g/mol. The summed E-state index contributed by atoms with van der Waals surface area (Å²) in [5.41, 5.74) is 2.41. The van der Waals surface area contributed by atoms with Crippen molar-refractivity contribution in [2.45, 2.75) is 6.54 Å². The maximum absolute atomic E-state index is 4.27. The zero-order chi connectivity index (χ0) is 9.68. The van der Waals surface area contributed by atoms with Crippen molar-refractivity contribution in [1.82, 2.24) is 4.90 Å². The molecule has 3 heteroatoms. The molecule has 0 aliphatic carbocycles. The van der Waals surface area contributed by atoms with Crippen LogP contribution >= 0.6 is 9.24 Å². The van der Waals surface area contributed by atoms with Crippen LogP contribution in [0.4, 0.5) is 5.69 Å². The van der Waals surface area contributed by atoms with E-state index in [-0.39, 0.29) is 0 Å². The lowest BCUT2D eigenvalue weighted by Gasteiger charge is -2.18. The highest BCUT2D eigenvalue weighted by Crippen LogP contribution is 2.22. The van der Waals surface area contributed by atoms with E-state index >= 15 is 0 Å². The second-order valence-corrected chi connectivity index (χ2v) is 2.79. The SMILES string of the molecule is CN1C=Nc2ccccc2C1.CP. The van der Waals surface area contributed by atoms with Gasteiger partial charge in [0.25, 0.3) is 0 Å². The van der Waals surface area contributed by atoms with Gasteiger partial charge in [-0.15, -0.1) is 9.24 Å². The van der Waals surface area contributed by atoms with Gasteiger partial charge in [-0.05, 0) is 11.6 Å². The van der Waals surface area contributed by atoms with Crippen LogP contribution in [0.5, 0.6) is 0 Å². The Morgan fingerprint density at radius 1 is 1.31 bits per heavy atom. The molecule has 13 heavy (non-hydrogen) atoms. The Hall–Kier alpha value is -0.880. The van der Waals surface area contributed by atoms with Crippen molar-refractivity contribution in [1.29, 1.82) is 0 Å². The average molecular weight is 194 g/mol. The van der Waals surface area contributed by atoms with Crippen LogP contribution in [0.3, 0.4) is 0 Å². The van der Waals surface area contributed by atoms with Crippen LogP contribution in [-0.2, 0) is 6.54 Å². The summed E-state index contributed by atoms with van der Waals surface area (Å²) in [6.07, 6.45) is 1.86. The number of para-hydroxylation sites is 1. The molecule has 2 rings (SSSR count). The first-order valence-corrected chi connectivity index (χ1v) is 5.42. The molecule has 1 heterocycles. The highest BCUT2D eigenvalue weighted by atomic mass is 31.0. The molecule has 0 aromatic heterocycles. The molecule has 0 fully saturated rings. The number of fused-ring (bicyclic) bond motifs is 1. The molecule has 1 aromatic carbocycles. The molecule has 0 radical (unpaired) electrons. The van der Waals surface area contributed by atoms with E-state index in [2.05, 4.69) is 25.2 Å². The van der Waals surface area contributed by atoms with Crippen molar-refractivity contribution in [2.75, 3.05) is 13.7 Å². The van der Waals surface area contributed by atoms with E-state index in [4.69, 9.17) is 0 Å². The van der Waals surface area contributed by atoms with Gasteiger partial charge in [0.05, 0.1) is 12.0 Å². The summed E-state index contributed by atoms with van der Waals surface area (Å²) >= 11 is 0. The van der Waals surface area contributed by atoms with E-state index in [0.29, 0.717) is 0 Å². The molecule has 70 valence electrons. The van der Waals surface area contributed by atoms with Gasteiger partial charge in [-0.1, -0.05) is 24.9 Å². The Kier molecular flexibility index (Phi) is 3.91. The molecular formula is C10H15N2P. The molecule has 0 N–H and O–H groups in total. The first-order chi connectivity index (χ1) is 6.36. The summed E-state index contributed by atoms with van der Waals surface area (Å²) < 4.78 is 0. The minimum Gasteiger partial charge on any atom is -0.361 e. The van der Waals surface area contributed by atoms with Crippen LogP contribution in [0.1, 0.15) is 5.56 Å². The van der Waals surface area contributed by atoms with Gasteiger partial charge in [-0.3, -0.25) is 0 Å². The highest BCUT2D eigenvalue weighted by molar-refractivity contribution is 7.15. The van der Waals surface area contributed by atoms with Crippen molar-refractivity contribution in [3.63, 3.8) is 0 Å².